The Hall–Kier alpha value is -2.62. The maximum atomic E-state index is 11.9. The van der Waals surface area contributed by atoms with Gasteiger partial charge in [-0.25, -0.2) is 5.43 Å². The van der Waals surface area contributed by atoms with E-state index in [-0.39, 0.29) is 5.91 Å². The zero-order chi connectivity index (χ0) is 14.5. The SMILES string of the molecule is CC(=NNC(=O)c1ccc(N)cc1)c1ccc(C)cc1. The van der Waals surface area contributed by atoms with E-state index in [1.807, 2.05) is 38.1 Å². The van der Waals surface area contributed by atoms with Crippen LogP contribution < -0.4 is 11.2 Å². The number of amides is 1. The molecular formula is C16H17N3O. The fourth-order valence-electron chi connectivity index (χ4n) is 1.69. The number of hydrogen-bond donors (Lipinski definition) is 2. The van der Waals surface area contributed by atoms with Crippen LogP contribution in [0.2, 0.25) is 0 Å². The van der Waals surface area contributed by atoms with E-state index in [1.54, 1.807) is 24.3 Å². The molecule has 0 fully saturated rings. The molecule has 4 nitrogen and oxygen atoms in total. The minimum absolute atomic E-state index is 0.253. The van der Waals surface area contributed by atoms with Crippen molar-refractivity contribution in [1.82, 2.24) is 5.43 Å². The third-order valence-corrected chi connectivity index (χ3v) is 2.97. The lowest BCUT2D eigenvalue weighted by atomic mass is 10.1. The second kappa shape index (κ2) is 6.02. The summed E-state index contributed by atoms with van der Waals surface area (Å²) < 4.78 is 0. The van der Waals surface area contributed by atoms with Gasteiger partial charge in [0.15, 0.2) is 0 Å². The van der Waals surface area contributed by atoms with Gasteiger partial charge in [-0.3, -0.25) is 4.79 Å². The average Bonchev–Trinajstić information content (AvgIpc) is 2.46. The summed E-state index contributed by atoms with van der Waals surface area (Å²) in [6, 6.07) is 14.7. The molecule has 0 saturated carbocycles. The van der Waals surface area contributed by atoms with Crippen LogP contribution >= 0.6 is 0 Å². The van der Waals surface area contributed by atoms with Crippen LogP contribution in [0.4, 0.5) is 5.69 Å². The number of carbonyl (C=O) groups excluding carboxylic acids is 1. The van der Waals surface area contributed by atoms with E-state index in [2.05, 4.69) is 10.5 Å². The highest BCUT2D eigenvalue weighted by Crippen LogP contribution is 2.06. The number of hydrazone groups is 1. The molecule has 2 rings (SSSR count). The summed E-state index contributed by atoms with van der Waals surface area (Å²) in [6.07, 6.45) is 0. The molecule has 2 aromatic carbocycles. The second-order valence-electron chi connectivity index (χ2n) is 4.63. The summed E-state index contributed by atoms with van der Waals surface area (Å²) in [5.74, 6) is -0.253. The van der Waals surface area contributed by atoms with Gasteiger partial charge in [-0.05, 0) is 43.7 Å². The number of benzene rings is 2. The normalized spacial score (nSPS) is 11.2. The van der Waals surface area contributed by atoms with E-state index < -0.39 is 0 Å². The minimum atomic E-state index is -0.253. The summed E-state index contributed by atoms with van der Waals surface area (Å²) >= 11 is 0. The Morgan fingerprint density at radius 1 is 1.00 bits per heavy atom. The van der Waals surface area contributed by atoms with Crippen LogP contribution in [-0.4, -0.2) is 11.6 Å². The number of nitrogens with zero attached hydrogens (tertiary/aromatic N) is 1. The standard InChI is InChI=1S/C16H17N3O/c1-11-3-5-13(6-4-11)12(2)18-19-16(20)14-7-9-15(17)10-8-14/h3-10H,17H2,1-2H3,(H,19,20). The number of aryl methyl sites for hydroxylation is 1. The van der Waals surface area contributed by atoms with E-state index in [1.165, 1.54) is 5.56 Å². The van der Waals surface area contributed by atoms with Crippen molar-refractivity contribution in [1.29, 1.82) is 0 Å². The Balaban J connectivity index is 2.06. The first-order valence-corrected chi connectivity index (χ1v) is 6.33. The Kier molecular flexibility index (Phi) is 4.15. The van der Waals surface area contributed by atoms with Crippen molar-refractivity contribution in [3.05, 3.63) is 65.2 Å². The molecule has 0 heterocycles. The van der Waals surface area contributed by atoms with E-state index in [0.29, 0.717) is 11.3 Å². The van der Waals surface area contributed by atoms with E-state index in [0.717, 1.165) is 11.3 Å². The minimum Gasteiger partial charge on any atom is -0.399 e. The molecule has 0 aliphatic carbocycles. The molecule has 0 aliphatic heterocycles. The topological polar surface area (TPSA) is 67.5 Å². The first kappa shape index (κ1) is 13.8. The molecule has 0 radical (unpaired) electrons. The largest absolute Gasteiger partial charge is 0.399 e. The molecule has 0 aliphatic rings. The molecular weight excluding hydrogens is 250 g/mol. The van der Waals surface area contributed by atoms with Gasteiger partial charge in [-0.2, -0.15) is 5.10 Å². The van der Waals surface area contributed by atoms with Gasteiger partial charge in [-0.15, -0.1) is 0 Å². The predicted octanol–water partition coefficient (Wildman–Crippen LogP) is 2.73. The third-order valence-electron chi connectivity index (χ3n) is 2.97. The Morgan fingerprint density at radius 3 is 2.15 bits per heavy atom. The lowest BCUT2D eigenvalue weighted by Gasteiger charge is -2.04. The summed E-state index contributed by atoms with van der Waals surface area (Å²) in [7, 11) is 0. The second-order valence-corrected chi connectivity index (χ2v) is 4.63. The fourth-order valence-corrected chi connectivity index (χ4v) is 1.69. The van der Waals surface area contributed by atoms with E-state index in [4.69, 9.17) is 5.73 Å². The number of nitrogen functional groups attached to an aromatic ring is 1. The molecule has 20 heavy (non-hydrogen) atoms. The predicted molar refractivity (Wildman–Crippen MR) is 81.7 cm³/mol. The number of carbonyl (C=O) groups is 1. The Labute approximate surface area is 118 Å². The van der Waals surface area contributed by atoms with Gasteiger partial charge in [0.2, 0.25) is 0 Å². The van der Waals surface area contributed by atoms with Crippen molar-refractivity contribution >= 4 is 17.3 Å². The van der Waals surface area contributed by atoms with Gasteiger partial charge < -0.3 is 5.73 Å². The van der Waals surface area contributed by atoms with Gasteiger partial charge in [0.25, 0.3) is 5.91 Å². The maximum Gasteiger partial charge on any atom is 0.271 e. The van der Waals surface area contributed by atoms with Crippen LogP contribution in [0.15, 0.2) is 53.6 Å². The molecule has 0 unspecified atom stereocenters. The molecule has 102 valence electrons. The van der Waals surface area contributed by atoms with Gasteiger partial charge in [0, 0.05) is 11.3 Å². The molecule has 1 amide bonds. The number of rotatable bonds is 3. The van der Waals surface area contributed by atoms with Crippen LogP contribution in [0.25, 0.3) is 0 Å². The van der Waals surface area contributed by atoms with Crippen LogP contribution in [-0.2, 0) is 0 Å². The first-order chi connectivity index (χ1) is 9.56. The van der Waals surface area contributed by atoms with Crippen molar-refractivity contribution < 1.29 is 4.79 Å². The monoisotopic (exact) mass is 267 g/mol. The average molecular weight is 267 g/mol. The molecule has 3 N–H and O–H groups in total. The highest BCUT2D eigenvalue weighted by atomic mass is 16.2. The highest BCUT2D eigenvalue weighted by molar-refractivity contribution is 6.00. The maximum absolute atomic E-state index is 11.9. The summed E-state index contributed by atoms with van der Waals surface area (Å²) in [5, 5.41) is 4.11. The van der Waals surface area contributed by atoms with E-state index >= 15 is 0 Å². The number of nitrogens with two attached hydrogens (primary N) is 1. The molecule has 0 aromatic heterocycles. The summed E-state index contributed by atoms with van der Waals surface area (Å²) in [6.45, 7) is 3.88. The number of hydrogen-bond acceptors (Lipinski definition) is 3. The van der Waals surface area contributed by atoms with Crippen molar-refractivity contribution in [3.8, 4) is 0 Å². The quantitative estimate of drug-likeness (QED) is 0.510. The molecule has 4 heteroatoms. The van der Waals surface area contributed by atoms with E-state index in [9.17, 15) is 4.79 Å². The molecule has 0 spiro atoms. The zero-order valence-corrected chi connectivity index (χ0v) is 11.6. The fraction of sp³-hybridized carbons (Fsp3) is 0.125. The van der Waals surface area contributed by atoms with Crippen LogP contribution in [0.5, 0.6) is 0 Å². The Morgan fingerprint density at radius 2 is 1.55 bits per heavy atom. The smallest absolute Gasteiger partial charge is 0.271 e. The van der Waals surface area contributed by atoms with Gasteiger partial charge in [0.1, 0.15) is 0 Å². The van der Waals surface area contributed by atoms with Crippen LogP contribution in [0, 0.1) is 6.92 Å². The number of nitrogens with one attached hydrogen (secondary N) is 1. The van der Waals surface area contributed by atoms with Gasteiger partial charge in [0.05, 0.1) is 5.71 Å². The van der Waals surface area contributed by atoms with Crippen molar-refractivity contribution in [3.63, 3.8) is 0 Å². The lowest BCUT2D eigenvalue weighted by molar-refractivity contribution is 0.0955. The first-order valence-electron chi connectivity index (χ1n) is 6.33. The van der Waals surface area contributed by atoms with Crippen LogP contribution in [0.1, 0.15) is 28.4 Å². The van der Waals surface area contributed by atoms with Crippen molar-refractivity contribution in [2.75, 3.05) is 5.73 Å². The molecule has 0 bridgehead atoms. The van der Waals surface area contributed by atoms with Crippen molar-refractivity contribution in [2.45, 2.75) is 13.8 Å². The van der Waals surface area contributed by atoms with Crippen molar-refractivity contribution in [2.24, 2.45) is 5.10 Å². The molecule has 0 saturated heterocycles. The Bertz CT molecular complexity index is 628. The third kappa shape index (κ3) is 3.45. The zero-order valence-electron chi connectivity index (χ0n) is 11.6. The van der Waals surface area contributed by atoms with Gasteiger partial charge >= 0.3 is 0 Å². The summed E-state index contributed by atoms with van der Waals surface area (Å²) in [5.41, 5.74) is 12.2. The highest BCUT2D eigenvalue weighted by Gasteiger charge is 2.04. The molecule has 0 atom stereocenters. The lowest BCUT2D eigenvalue weighted by Crippen LogP contribution is -2.19. The number of anilines is 1. The van der Waals surface area contributed by atoms with Gasteiger partial charge in [-0.1, -0.05) is 29.8 Å². The van der Waals surface area contributed by atoms with Crippen LogP contribution in [0.3, 0.4) is 0 Å². The molecule has 2 aromatic rings. The summed E-state index contributed by atoms with van der Waals surface area (Å²) in [4.78, 5) is 11.9.